The maximum absolute atomic E-state index is 12.2. The maximum Gasteiger partial charge on any atom is 0.315 e. The van der Waals surface area contributed by atoms with Gasteiger partial charge in [-0.2, -0.15) is 0 Å². The van der Waals surface area contributed by atoms with Gasteiger partial charge in [0.15, 0.2) is 0 Å². The van der Waals surface area contributed by atoms with Crippen LogP contribution in [-0.2, 0) is 0 Å². The fraction of sp³-hybridized carbons (Fsp3) is 0.353. The van der Waals surface area contributed by atoms with Crippen molar-refractivity contribution in [1.82, 2.24) is 10.6 Å². The number of amides is 2. The molecule has 2 amide bonds. The van der Waals surface area contributed by atoms with Crippen molar-refractivity contribution in [3.8, 4) is 0 Å². The van der Waals surface area contributed by atoms with E-state index in [1.165, 1.54) is 0 Å². The van der Waals surface area contributed by atoms with Gasteiger partial charge in [0.1, 0.15) is 0 Å². The zero-order chi connectivity index (χ0) is 15.1. The van der Waals surface area contributed by atoms with Crippen LogP contribution in [0.5, 0.6) is 0 Å². The van der Waals surface area contributed by atoms with Crippen LogP contribution in [0.2, 0.25) is 0 Å². The van der Waals surface area contributed by atoms with Gasteiger partial charge in [-0.3, -0.25) is 0 Å². The van der Waals surface area contributed by atoms with Crippen LogP contribution in [0.15, 0.2) is 47.8 Å². The van der Waals surface area contributed by atoms with Gasteiger partial charge < -0.3 is 10.6 Å². The Hall–Kier alpha value is -1.81. The molecule has 1 heterocycles. The minimum atomic E-state index is -0.106. The first-order valence-corrected chi connectivity index (χ1v) is 8.28. The zero-order valence-electron chi connectivity index (χ0n) is 12.5. The Morgan fingerprint density at radius 3 is 2.33 bits per heavy atom. The van der Waals surface area contributed by atoms with Gasteiger partial charge in [-0.1, -0.05) is 50.2 Å². The summed E-state index contributed by atoms with van der Waals surface area (Å²) >= 11 is 1.66. The molecule has 1 atom stereocenters. The molecule has 0 spiro atoms. The molecule has 21 heavy (non-hydrogen) atoms. The first-order valence-electron chi connectivity index (χ1n) is 7.40. The zero-order valence-corrected chi connectivity index (χ0v) is 13.3. The summed E-state index contributed by atoms with van der Waals surface area (Å²) in [5.74, 6) is 0. The highest BCUT2D eigenvalue weighted by Crippen LogP contribution is 2.25. The molecule has 0 saturated heterocycles. The minimum Gasteiger partial charge on any atom is -0.335 e. The molecule has 0 aliphatic carbocycles. The van der Waals surface area contributed by atoms with Gasteiger partial charge in [0.2, 0.25) is 0 Å². The van der Waals surface area contributed by atoms with E-state index >= 15 is 0 Å². The van der Waals surface area contributed by atoms with E-state index in [0.29, 0.717) is 0 Å². The number of thiophene rings is 1. The smallest absolute Gasteiger partial charge is 0.315 e. The van der Waals surface area contributed by atoms with Crippen molar-refractivity contribution in [2.75, 3.05) is 0 Å². The lowest BCUT2D eigenvalue weighted by molar-refractivity contribution is 0.234. The van der Waals surface area contributed by atoms with E-state index in [0.717, 1.165) is 23.3 Å². The molecule has 2 N–H and O–H groups in total. The number of rotatable bonds is 6. The molecule has 0 fully saturated rings. The monoisotopic (exact) mass is 302 g/mol. The largest absolute Gasteiger partial charge is 0.335 e. The standard InChI is InChI=1S/C17H22N2OS/c1-3-14(4-2)18-17(20)19-16(15-11-8-12-21-15)13-9-6-5-7-10-13/h5-12,14,16H,3-4H2,1-2H3,(H2,18,19,20)/t16-/m1/s1. The van der Waals surface area contributed by atoms with E-state index in [1.54, 1.807) is 11.3 Å². The van der Waals surface area contributed by atoms with Crippen LogP contribution in [0.1, 0.15) is 43.2 Å². The van der Waals surface area contributed by atoms with Crippen molar-refractivity contribution in [2.45, 2.75) is 38.8 Å². The van der Waals surface area contributed by atoms with Crippen LogP contribution in [0.3, 0.4) is 0 Å². The Morgan fingerprint density at radius 2 is 1.76 bits per heavy atom. The summed E-state index contributed by atoms with van der Waals surface area (Å²) in [6.07, 6.45) is 1.89. The van der Waals surface area contributed by atoms with E-state index in [4.69, 9.17) is 0 Å². The molecule has 0 aliphatic rings. The van der Waals surface area contributed by atoms with E-state index < -0.39 is 0 Å². The Kier molecular flexibility index (Phi) is 5.81. The van der Waals surface area contributed by atoms with Gasteiger partial charge >= 0.3 is 6.03 Å². The van der Waals surface area contributed by atoms with E-state index in [2.05, 4.69) is 30.5 Å². The highest BCUT2D eigenvalue weighted by molar-refractivity contribution is 7.10. The summed E-state index contributed by atoms with van der Waals surface area (Å²) in [6.45, 7) is 4.17. The number of carbonyl (C=O) groups excluding carboxylic acids is 1. The second-order valence-electron chi connectivity index (χ2n) is 4.99. The molecule has 2 aromatic rings. The number of hydrogen-bond donors (Lipinski definition) is 2. The molecule has 1 aromatic heterocycles. The van der Waals surface area contributed by atoms with Gasteiger partial charge in [-0.15, -0.1) is 11.3 Å². The van der Waals surface area contributed by atoms with Gasteiger partial charge in [0.05, 0.1) is 6.04 Å². The predicted octanol–water partition coefficient (Wildman–Crippen LogP) is 4.33. The van der Waals surface area contributed by atoms with Gasteiger partial charge in [-0.05, 0) is 29.9 Å². The van der Waals surface area contributed by atoms with E-state index in [-0.39, 0.29) is 18.1 Å². The molecule has 0 bridgehead atoms. The topological polar surface area (TPSA) is 41.1 Å². The summed E-state index contributed by atoms with van der Waals surface area (Å²) in [5.41, 5.74) is 1.10. The third-order valence-corrected chi connectivity index (χ3v) is 4.49. The molecule has 4 heteroatoms. The van der Waals surface area contributed by atoms with E-state index in [1.807, 2.05) is 41.8 Å². The lowest BCUT2D eigenvalue weighted by Gasteiger charge is -2.21. The predicted molar refractivity (Wildman–Crippen MR) is 88.6 cm³/mol. The molecule has 112 valence electrons. The van der Waals surface area contributed by atoms with Gasteiger partial charge in [0.25, 0.3) is 0 Å². The van der Waals surface area contributed by atoms with Crippen LogP contribution >= 0.6 is 11.3 Å². The van der Waals surface area contributed by atoms with Crippen molar-refractivity contribution < 1.29 is 4.79 Å². The average Bonchev–Trinajstić information content (AvgIpc) is 3.05. The summed E-state index contributed by atoms with van der Waals surface area (Å²) in [7, 11) is 0. The number of nitrogens with one attached hydrogen (secondary N) is 2. The van der Waals surface area contributed by atoms with Crippen LogP contribution in [0.25, 0.3) is 0 Å². The Morgan fingerprint density at radius 1 is 1.05 bits per heavy atom. The van der Waals surface area contributed by atoms with E-state index in [9.17, 15) is 4.79 Å². The minimum absolute atomic E-state index is 0.0967. The van der Waals surface area contributed by atoms with Gasteiger partial charge in [0, 0.05) is 10.9 Å². The van der Waals surface area contributed by atoms with Gasteiger partial charge in [-0.25, -0.2) is 4.79 Å². The van der Waals surface area contributed by atoms with Crippen LogP contribution in [-0.4, -0.2) is 12.1 Å². The first kappa shape index (κ1) is 15.6. The lowest BCUT2D eigenvalue weighted by Crippen LogP contribution is -2.43. The molecule has 0 unspecified atom stereocenters. The number of benzene rings is 1. The number of hydrogen-bond acceptors (Lipinski definition) is 2. The molecular weight excluding hydrogens is 280 g/mol. The van der Waals surface area contributed by atoms with Crippen LogP contribution < -0.4 is 10.6 Å². The van der Waals surface area contributed by atoms with Crippen LogP contribution in [0, 0.1) is 0 Å². The second kappa shape index (κ2) is 7.84. The van der Waals surface area contributed by atoms with Crippen LogP contribution in [0.4, 0.5) is 4.79 Å². The number of carbonyl (C=O) groups is 1. The average molecular weight is 302 g/mol. The highest BCUT2D eigenvalue weighted by Gasteiger charge is 2.18. The SMILES string of the molecule is CCC(CC)NC(=O)N[C@H](c1ccccc1)c1cccs1. The fourth-order valence-electron chi connectivity index (χ4n) is 2.27. The van der Waals surface area contributed by atoms with Crippen molar-refractivity contribution in [3.63, 3.8) is 0 Å². The highest BCUT2D eigenvalue weighted by atomic mass is 32.1. The van der Waals surface area contributed by atoms with Crippen molar-refractivity contribution in [2.24, 2.45) is 0 Å². The third kappa shape index (κ3) is 4.33. The quantitative estimate of drug-likeness (QED) is 0.819. The Bertz CT molecular complexity index is 535. The normalized spacial score (nSPS) is 12.1. The maximum atomic E-state index is 12.2. The summed E-state index contributed by atoms with van der Waals surface area (Å²) in [5, 5.41) is 8.16. The van der Waals surface area contributed by atoms with Crippen molar-refractivity contribution >= 4 is 17.4 Å². The summed E-state index contributed by atoms with van der Waals surface area (Å²) in [4.78, 5) is 13.4. The third-order valence-electron chi connectivity index (χ3n) is 3.56. The molecule has 1 aromatic carbocycles. The molecule has 2 rings (SSSR count). The Balaban J connectivity index is 2.12. The lowest BCUT2D eigenvalue weighted by atomic mass is 10.1. The molecule has 3 nitrogen and oxygen atoms in total. The summed E-state index contributed by atoms with van der Waals surface area (Å²) < 4.78 is 0. The fourth-order valence-corrected chi connectivity index (χ4v) is 3.07. The summed E-state index contributed by atoms with van der Waals surface area (Å²) in [6, 6.07) is 14.2. The molecule has 0 aliphatic heterocycles. The van der Waals surface area contributed by atoms with Crippen molar-refractivity contribution in [3.05, 3.63) is 58.3 Å². The van der Waals surface area contributed by atoms with Crippen molar-refractivity contribution in [1.29, 1.82) is 0 Å². The molecular formula is C17H22N2OS. The first-order chi connectivity index (χ1) is 10.2. The second-order valence-corrected chi connectivity index (χ2v) is 5.97. The molecule has 0 radical (unpaired) electrons. The number of urea groups is 1. The Labute approximate surface area is 130 Å². The molecule has 0 saturated carbocycles.